The minimum atomic E-state index is -1.29. The van der Waals surface area contributed by atoms with Crippen LogP contribution in [0.4, 0.5) is 0 Å². The van der Waals surface area contributed by atoms with E-state index in [1.807, 2.05) is 0 Å². The van der Waals surface area contributed by atoms with Gasteiger partial charge in [-0.05, 0) is 13.8 Å². The van der Waals surface area contributed by atoms with Crippen molar-refractivity contribution in [1.29, 1.82) is 0 Å². The minimum Gasteiger partial charge on any atom is -0.394 e. The third-order valence-electron chi connectivity index (χ3n) is 1.86. The summed E-state index contributed by atoms with van der Waals surface area (Å²) in [5.41, 5.74) is 0. The van der Waals surface area contributed by atoms with Crippen molar-refractivity contribution >= 4 is 0 Å². The van der Waals surface area contributed by atoms with Crippen molar-refractivity contribution in [3.63, 3.8) is 0 Å². The van der Waals surface area contributed by atoms with Gasteiger partial charge in [0.25, 0.3) is 0 Å². The van der Waals surface area contributed by atoms with E-state index < -0.39 is 24.1 Å². The summed E-state index contributed by atoms with van der Waals surface area (Å²) in [6.45, 7) is 2.90. The van der Waals surface area contributed by atoms with E-state index >= 15 is 0 Å². The molecule has 1 heterocycles. The smallest absolute Gasteiger partial charge is 0.160 e. The molecule has 0 saturated carbocycles. The Bertz CT molecular complexity index is 164. The molecule has 1 fully saturated rings. The third-order valence-corrected chi connectivity index (χ3v) is 1.86. The molecule has 1 rings (SSSR count). The highest BCUT2D eigenvalue weighted by molar-refractivity contribution is 4.84. The van der Waals surface area contributed by atoms with Crippen LogP contribution in [0.2, 0.25) is 0 Å². The Labute approximate surface area is 76.9 Å². The molecule has 5 nitrogen and oxygen atoms in total. The highest BCUT2D eigenvalue weighted by atomic mass is 16.7. The molecule has 1 aliphatic rings. The maximum Gasteiger partial charge on any atom is 0.160 e. The van der Waals surface area contributed by atoms with Crippen molar-refractivity contribution in [1.82, 2.24) is 0 Å². The molecule has 13 heavy (non-hydrogen) atoms. The topological polar surface area (TPSA) is 79.2 Å². The highest BCUT2D eigenvalue weighted by Crippen LogP contribution is 2.20. The molecule has 3 atom stereocenters. The predicted molar refractivity (Wildman–Crippen MR) is 44.0 cm³/mol. The molecule has 5 heteroatoms. The lowest BCUT2D eigenvalue weighted by molar-refractivity contribution is -0.218. The zero-order valence-electron chi connectivity index (χ0n) is 7.80. The molecule has 0 aliphatic carbocycles. The Hall–Kier alpha value is -0.200. The van der Waals surface area contributed by atoms with Crippen LogP contribution in [0.25, 0.3) is 0 Å². The van der Waals surface area contributed by atoms with E-state index in [1.165, 1.54) is 13.8 Å². The third kappa shape index (κ3) is 2.89. The van der Waals surface area contributed by atoms with Gasteiger partial charge >= 0.3 is 0 Å². The fourth-order valence-corrected chi connectivity index (χ4v) is 1.29. The maximum absolute atomic E-state index is 9.49. The van der Waals surface area contributed by atoms with E-state index in [4.69, 9.17) is 14.6 Å². The summed E-state index contributed by atoms with van der Waals surface area (Å²) < 4.78 is 10.1. The first kappa shape index (κ1) is 10.9. The summed E-state index contributed by atoms with van der Waals surface area (Å²) in [6, 6.07) is 0. The lowest BCUT2D eigenvalue weighted by Crippen LogP contribution is -2.39. The first-order valence-corrected chi connectivity index (χ1v) is 4.25. The van der Waals surface area contributed by atoms with E-state index in [2.05, 4.69) is 0 Å². The van der Waals surface area contributed by atoms with Gasteiger partial charge in [-0.3, -0.25) is 0 Å². The number of aliphatic hydroxyl groups is 3. The van der Waals surface area contributed by atoms with Crippen LogP contribution in [0.5, 0.6) is 0 Å². The molecule has 1 saturated heterocycles. The summed E-state index contributed by atoms with van der Waals surface area (Å²) in [4.78, 5) is 0. The summed E-state index contributed by atoms with van der Waals surface area (Å²) in [6.07, 6.45) is -2.05. The number of aliphatic hydroxyl groups excluding tert-OH is 2. The molecule has 3 N–H and O–H groups in total. The minimum absolute atomic E-state index is 0.191. The molecule has 1 aliphatic heterocycles. The van der Waals surface area contributed by atoms with Crippen LogP contribution >= 0.6 is 0 Å². The zero-order chi connectivity index (χ0) is 10.1. The Kier molecular flexibility index (Phi) is 3.26. The van der Waals surface area contributed by atoms with E-state index in [0.717, 1.165) is 0 Å². The van der Waals surface area contributed by atoms with Gasteiger partial charge in [-0.2, -0.15) is 0 Å². The molecule has 0 amide bonds. The molecule has 0 aromatic heterocycles. The van der Waals surface area contributed by atoms with Crippen LogP contribution in [-0.4, -0.2) is 52.6 Å². The van der Waals surface area contributed by atoms with Crippen molar-refractivity contribution in [2.75, 3.05) is 13.2 Å². The molecular weight excluding hydrogens is 176 g/mol. The van der Waals surface area contributed by atoms with Gasteiger partial charge in [-0.25, -0.2) is 0 Å². The van der Waals surface area contributed by atoms with Crippen molar-refractivity contribution in [3.05, 3.63) is 0 Å². The fourth-order valence-electron chi connectivity index (χ4n) is 1.29. The monoisotopic (exact) mass is 192 g/mol. The second-order valence-corrected chi connectivity index (χ2v) is 3.65. The molecule has 78 valence electrons. The quantitative estimate of drug-likeness (QED) is 0.492. The summed E-state index contributed by atoms with van der Waals surface area (Å²) in [7, 11) is 0. The molecule has 3 unspecified atom stereocenters. The molecule has 0 spiro atoms. The fraction of sp³-hybridized carbons (Fsp3) is 1.00. The van der Waals surface area contributed by atoms with Crippen molar-refractivity contribution in [2.45, 2.75) is 37.9 Å². The lowest BCUT2D eigenvalue weighted by Gasteiger charge is -2.24. The SMILES string of the molecule is CC(C)(O)OC1COC(CO)C1O. The summed E-state index contributed by atoms with van der Waals surface area (Å²) >= 11 is 0. The van der Waals surface area contributed by atoms with Crippen LogP contribution < -0.4 is 0 Å². The van der Waals surface area contributed by atoms with Crippen molar-refractivity contribution in [3.8, 4) is 0 Å². The molecule has 0 bridgehead atoms. The number of hydrogen-bond donors (Lipinski definition) is 3. The normalized spacial score (nSPS) is 35.3. The zero-order valence-corrected chi connectivity index (χ0v) is 7.80. The van der Waals surface area contributed by atoms with Crippen molar-refractivity contribution in [2.24, 2.45) is 0 Å². The maximum atomic E-state index is 9.49. The van der Waals surface area contributed by atoms with Gasteiger partial charge in [0.15, 0.2) is 5.79 Å². The van der Waals surface area contributed by atoms with Crippen LogP contribution in [0, 0.1) is 0 Å². The Balaban J connectivity index is 2.46. The standard InChI is InChI=1S/C8H16O5/c1-8(2,11)13-6-4-12-5(3-9)7(6)10/h5-7,9-11H,3-4H2,1-2H3. The Morgan fingerprint density at radius 2 is 2.15 bits per heavy atom. The van der Waals surface area contributed by atoms with Crippen LogP contribution in [0.15, 0.2) is 0 Å². The predicted octanol–water partition coefficient (Wildman–Crippen LogP) is -1.15. The molecular formula is C8H16O5. The largest absolute Gasteiger partial charge is 0.394 e. The first-order valence-electron chi connectivity index (χ1n) is 4.25. The van der Waals surface area contributed by atoms with Gasteiger partial charge in [-0.1, -0.05) is 0 Å². The van der Waals surface area contributed by atoms with Crippen molar-refractivity contribution < 1.29 is 24.8 Å². The summed E-state index contributed by atoms with van der Waals surface area (Å²) in [5.74, 6) is -1.29. The van der Waals surface area contributed by atoms with E-state index in [1.54, 1.807) is 0 Å². The van der Waals surface area contributed by atoms with E-state index in [-0.39, 0.29) is 13.2 Å². The van der Waals surface area contributed by atoms with Crippen LogP contribution in [0.3, 0.4) is 0 Å². The van der Waals surface area contributed by atoms with E-state index in [0.29, 0.717) is 0 Å². The second kappa shape index (κ2) is 3.89. The first-order chi connectivity index (χ1) is 5.94. The second-order valence-electron chi connectivity index (χ2n) is 3.65. The van der Waals surface area contributed by atoms with Gasteiger partial charge in [-0.15, -0.1) is 0 Å². The molecule has 0 aromatic rings. The summed E-state index contributed by atoms with van der Waals surface area (Å²) in [5, 5.41) is 27.5. The van der Waals surface area contributed by atoms with Gasteiger partial charge < -0.3 is 24.8 Å². The lowest BCUT2D eigenvalue weighted by atomic mass is 10.1. The number of ether oxygens (including phenoxy) is 2. The van der Waals surface area contributed by atoms with Gasteiger partial charge in [0.1, 0.15) is 18.3 Å². The van der Waals surface area contributed by atoms with Gasteiger partial charge in [0.05, 0.1) is 13.2 Å². The molecule has 0 radical (unpaired) electrons. The molecule has 0 aromatic carbocycles. The average Bonchev–Trinajstić information content (AvgIpc) is 2.30. The van der Waals surface area contributed by atoms with Gasteiger partial charge in [0, 0.05) is 0 Å². The van der Waals surface area contributed by atoms with Crippen LogP contribution in [0.1, 0.15) is 13.8 Å². The Morgan fingerprint density at radius 1 is 1.54 bits per heavy atom. The number of hydrogen-bond acceptors (Lipinski definition) is 5. The average molecular weight is 192 g/mol. The van der Waals surface area contributed by atoms with E-state index in [9.17, 15) is 10.2 Å². The highest BCUT2D eigenvalue weighted by Gasteiger charge is 2.38. The van der Waals surface area contributed by atoms with Crippen LogP contribution in [-0.2, 0) is 9.47 Å². The number of rotatable bonds is 3. The Morgan fingerprint density at radius 3 is 2.54 bits per heavy atom. The van der Waals surface area contributed by atoms with Gasteiger partial charge in [0.2, 0.25) is 0 Å².